The minimum absolute atomic E-state index is 0.167. The van der Waals surface area contributed by atoms with Crippen molar-refractivity contribution in [3.63, 3.8) is 0 Å². The largest absolute Gasteiger partial charge is 0.383 e. The van der Waals surface area contributed by atoms with Crippen LogP contribution in [0.5, 0.6) is 0 Å². The van der Waals surface area contributed by atoms with E-state index in [0.29, 0.717) is 6.04 Å². The minimum atomic E-state index is -0.167. The summed E-state index contributed by atoms with van der Waals surface area (Å²) in [5, 5.41) is 3.25. The fraction of sp³-hybridized carbons (Fsp3) is 0.455. The number of likely N-dealkylation sites (N-methyl/N-ethyl adjacent to an activating group) is 1. The first-order chi connectivity index (χ1) is 6.66. The van der Waals surface area contributed by atoms with E-state index in [4.69, 9.17) is 0 Å². The fourth-order valence-electron chi connectivity index (χ4n) is 1.81. The van der Waals surface area contributed by atoms with Gasteiger partial charge in [-0.15, -0.1) is 0 Å². The summed E-state index contributed by atoms with van der Waals surface area (Å²) in [6.07, 6.45) is 0.996. The van der Waals surface area contributed by atoms with Gasteiger partial charge in [0, 0.05) is 18.3 Å². The van der Waals surface area contributed by atoms with Crippen molar-refractivity contribution >= 4 is 5.69 Å². The number of anilines is 1. The Kier molecular flexibility index (Phi) is 2.42. The number of hydrogen-bond acceptors (Lipinski definition) is 2. The fourth-order valence-corrected chi connectivity index (χ4v) is 1.81. The Labute approximate surface area is 83.7 Å². The van der Waals surface area contributed by atoms with Crippen molar-refractivity contribution < 1.29 is 4.39 Å². The maximum absolute atomic E-state index is 12.9. The van der Waals surface area contributed by atoms with Crippen LogP contribution in [0.3, 0.4) is 0 Å². The second-order valence-corrected chi connectivity index (χ2v) is 4.00. The average molecular weight is 194 g/mol. The van der Waals surface area contributed by atoms with Crippen molar-refractivity contribution in [1.82, 2.24) is 4.90 Å². The van der Waals surface area contributed by atoms with Gasteiger partial charge in [-0.3, -0.25) is 0 Å². The standard InChI is InChI=1S/C11H15FN2/c1-14(2)10-5-8-3-4-9(12)6-11(8)13-7-10/h3-4,6,10,13H,5,7H2,1-2H3. The maximum Gasteiger partial charge on any atom is 0.125 e. The van der Waals surface area contributed by atoms with Crippen LogP contribution in [0.2, 0.25) is 0 Å². The number of hydrogen-bond donors (Lipinski definition) is 1. The summed E-state index contributed by atoms with van der Waals surface area (Å²) in [5.74, 6) is -0.167. The topological polar surface area (TPSA) is 15.3 Å². The lowest BCUT2D eigenvalue weighted by Gasteiger charge is -2.30. The monoisotopic (exact) mass is 194 g/mol. The van der Waals surface area contributed by atoms with Crippen LogP contribution in [0.4, 0.5) is 10.1 Å². The van der Waals surface area contributed by atoms with Gasteiger partial charge >= 0.3 is 0 Å². The molecular weight excluding hydrogens is 179 g/mol. The first kappa shape index (κ1) is 9.46. The third-order valence-electron chi connectivity index (χ3n) is 2.79. The number of nitrogens with one attached hydrogen (secondary N) is 1. The van der Waals surface area contributed by atoms with Gasteiger partial charge in [-0.2, -0.15) is 0 Å². The van der Waals surface area contributed by atoms with E-state index in [1.807, 2.05) is 6.07 Å². The zero-order valence-corrected chi connectivity index (χ0v) is 8.55. The number of halogens is 1. The van der Waals surface area contributed by atoms with Crippen molar-refractivity contribution in [2.24, 2.45) is 0 Å². The van der Waals surface area contributed by atoms with Gasteiger partial charge in [-0.1, -0.05) is 6.07 Å². The Hall–Kier alpha value is -1.09. The highest BCUT2D eigenvalue weighted by molar-refractivity contribution is 5.53. The highest BCUT2D eigenvalue weighted by atomic mass is 19.1. The Bertz CT molecular complexity index is 336. The zero-order chi connectivity index (χ0) is 10.1. The lowest BCUT2D eigenvalue weighted by molar-refractivity contribution is 0.299. The molecule has 14 heavy (non-hydrogen) atoms. The summed E-state index contributed by atoms with van der Waals surface area (Å²) in [7, 11) is 4.14. The smallest absolute Gasteiger partial charge is 0.125 e. The first-order valence-electron chi connectivity index (χ1n) is 4.85. The normalized spacial score (nSPS) is 20.4. The number of fused-ring (bicyclic) bond motifs is 1. The average Bonchev–Trinajstić information content (AvgIpc) is 2.16. The van der Waals surface area contributed by atoms with Crippen molar-refractivity contribution in [3.8, 4) is 0 Å². The van der Waals surface area contributed by atoms with E-state index in [1.165, 1.54) is 11.6 Å². The van der Waals surface area contributed by atoms with E-state index in [2.05, 4.69) is 24.3 Å². The Morgan fingerprint density at radius 2 is 2.21 bits per heavy atom. The molecule has 1 aliphatic heterocycles. The highest BCUT2D eigenvalue weighted by Gasteiger charge is 2.19. The molecule has 2 rings (SSSR count). The molecule has 0 aliphatic carbocycles. The van der Waals surface area contributed by atoms with Crippen molar-refractivity contribution in [1.29, 1.82) is 0 Å². The second kappa shape index (κ2) is 3.58. The second-order valence-electron chi connectivity index (χ2n) is 4.00. The molecule has 76 valence electrons. The van der Waals surface area contributed by atoms with Gasteiger partial charge in [0.1, 0.15) is 5.82 Å². The summed E-state index contributed by atoms with van der Waals surface area (Å²) in [6, 6.07) is 5.47. The first-order valence-corrected chi connectivity index (χ1v) is 4.85. The lowest BCUT2D eigenvalue weighted by atomic mass is 9.99. The molecule has 0 radical (unpaired) electrons. The molecule has 0 fully saturated rings. The summed E-state index contributed by atoms with van der Waals surface area (Å²) in [5.41, 5.74) is 2.15. The van der Waals surface area contributed by atoms with E-state index in [9.17, 15) is 4.39 Å². The maximum atomic E-state index is 12.9. The molecule has 3 heteroatoms. The van der Waals surface area contributed by atoms with E-state index in [0.717, 1.165) is 18.7 Å². The van der Waals surface area contributed by atoms with Crippen LogP contribution in [0.25, 0.3) is 0 Å². The summed E-state index contributed by atoms with van der Waals surface area (Å²) >= 11 is 0. The molecule has 1 aromatic carbocycles. The molecule has 1 aliphatic rings. The Balaban J connectivity index is 2.23. The molecule has 0 bridgehead atoms. The van der Waals surface area contributed by atoms with Crippen molar-refractivity contribution in [3.05, 3.63) is 29.6 Å². The molecule has 2 nitrogen and oxygen atoms in total. The molecule has 1 aromatic rings. The molecule has 0 aromatic heterocycles. The third-order valence-corrected chi connectivity index (χ3v) is 2.79. The van der Waals surface area contributed by atoms with Crippen molar-refractivity contribution in [2.75, 3.05) is 26.0 Å². The van der Waals surface area contributed by atoms with E-state index in [-0.39, 0.29) is 5.82 Å². The van der Waals surface area contributed by atoms with Gasteiger partial charge in [0.15, 0.2) is 0 Å². The molecule has 1 atom stereocenters. The Morgan fingerprint density at radius 1 is 1.43 bits per heavy atom. The molecule has 0 saturated carbocycles. The molecule has 1 heterocycles. The number of benzene rings is 1. The Morgan fingerprint density at radius 3 is 2.93 bits per heavy atom. The molecule has 1 unspecified atom stereocenters. The number of nitrogens with zero attached hydrogens (tertiary/aromatic N) is 1. The third kappa shape index (κ3) is 1.73. The highest BCUT2D eigenvalue weighted by Crippen LogP contribution is 2.23. The minimum Gasteiger partial charge on any atom is -0.383 e. The van der Waals surface area contributed by atoms with Crippen molar-refractivity contribution in [2.45, 2.75) is 12.5 Å². The SMILES string of the molecule is CN(C)C1CNc2cc(F)ccc2C1. The van der Waals surface area contributed by atoms with Crippen LogP contribution in [-0.4, -0.2) is 31.6 Å². The van der Waals surface area contributed by atoms with Crippen LogP contribution >= 0.6 is 0 Å². The van der Waals surface area contributed by atoms with Gasteiger partial charge in [0.05, 0.1) is 0 Å². The molecule has 0 amide bonds. The van der Waals surface area contributed by atoms with Gasteiger partial charge < -0.3 is 10.2 Å². The molecule has 0 saturated heterocycles. The molecule has 0 spiro atoms. The van der Waals surface area contributed by atoms with E-state index >= 15 is 0 Å². The quantitative estimate of drug-likeness (QED) is 0.732. The zero-order valence-electron chi connectivity index (χ0n) is 8.55. The molecule has 1 N–H and O–H groups in total. The van der Waals surface area contributed by atoms with Crippen LogP contribution in [0.15, 0.2) is 18.2 Å². The van der Waals surface area contributed by atoms with Gasteiger partial charge in [0.25, 0.3) is 0 Å². The summed E-state index contributed by atoms with van der Waals surface area (Å²) in [4.78, 5) is 2.19. The predicted octanol–water partition coefficient (Wildman–Crippen LogP) is 1.72. The predicted molar refractivity (Wildman–Crippen MR) is 56.1 cm³/mol. The number of rotatable bonds is 1. The summed E-state index contributed by atoms with van der Waals surface area (Å²) < 4.78 is 12.9. The molecular formula is C11H15FN2. The van der Waals surface area contributed by atoms with E-state index in [1.54, 1.807) is 6.07 Å². The van der Waals surface area contributed by atoms with Crippen LogP contribution in [0, 0.1) is 5.82 Å². The van der Waals surface area contributed by atoms with Crippen LogP contribution < -0.4 is 5.32 Å². The summed E-state index contributed by atoms with van der Waals surface area (Å²) in [6.45, 7) is 0.892. The van der Waals surface area contributed by atoms with E-state index < -0.39 is 0 Å². The van der Waals surface area contributed by atoms with Gasteiger partial charge in [-0.05, 0) is 38.2 Å². The lowest BCUT2D eigenvalue weighted by Crippen LogP contribution is -2.39. The van der Waals surface area contributed by atoms with Gasteiger partial charge in [-0.25, -0.2) is 4.39 Å². The van der Waals surface area contributed by atoms with Crippen LogP contribution in [0.1, 0.15) is 5.56 Å². The van der Waals surface area contributed by atoms with Crippen LogP contribution in [-0.2, 0) is 6.42 Å². The van der Waals surface area contributed by atoms with Gasteiger partial charge in [0.2, 0.25) is 0 Å².